The van der Waals surface area contributed by atoms with E-state index in [2.05, 4.69) is 0 Å². The van der Waals surface area contributed by atoms with Gasteiger partial charge in [-0.2, -0.15) is 4.31 Å². The van der Waals surface area contributed by atoms with Crippen LogP contribution < -0.4 is 0 Å². The molecule has 1 atom stereocenters. The molecule has 1 aromatic rings. The summed E-state index contributed by atoms with van der Waals surface area (Å²) in [5.41, 5.74) is -2.25. The molecule has 0 aromatic heterocycles. The maximum absolute atomic E-state index is 14.1. The quantitative estimate of drug-likeness (QED) is 0.801. The molecule has 0 aliphatic carbocycles. The number of alkyl halides is 1. The molecule has 0 spiro atoms. The number of carboxylic acid groups (broad SMARTS) is 1. The lowest BCUT2D eigenvalue weighted by molar-refractivity contribution is -0.149. The van der Waals surface area contributed by atoms with Crippen LogP contribution in [-0.2, 0) is 19.6 Å². The number of carbonyl (C=O) groups is 2. The van der Waals surface area contributed by atoms with Crippen LogP contribution >= 0.6 is 0 Å². The number of ether oxygens (including phenoxy) is 1. The molecular formula is C16H19FN2O6S. The van der Waals surface area contributed by atoms with E-state index in [4.69, 9.17) is 9.84 Å². The van der Waals surface area contributed by atoms with Gasteiger partial charge >= 0.3 is 5.97 Å². The topological polar surface area (TPSA) is 104 Å². The molecule has 2 saturated heterocycles. The highest BCUT2D eigenvalue weighted by Crippen LogP contribution is 2.27. The average molecular weight is 386 g/mol. The van der Waals surface area contributed by atoms with E-state index in [-0.39, 0.29) is 36.5 Å². The number of hydrogen-bond donors (Lipinski definition) is 1. The predicted molar refractivity (Wildman–Crippen MR) is 88.0 cm³/mol. The van der Waals surface area contributed by atoms with E-state index >= 15 is 0 Å². The van der Waals surface area contributed by atoms with E-state index in [9.17, 15) is 22.4 Å². The van der Waals surface area contributed by atoms with Gasteiger partial charge in [0.25, 0.3) is 5.91 Å². The standard InChI is InChI=1S/C16H19FN2O6S/c17-16(15(21)22)5-6-18(11-16)14(20)12-1-3-13(4-2-12)26(23,24)19-7-9-25-10-8-19/h1-4H,5-11H2,(H,21,22). The van der Waals surface area contributed by atoms with E-state index in [1.807, 2.05) is 0 Å². The Labute approximate surface area is 150 Å². The zero-order chi connectivity index (χ0) is 18.9. The van der Waals surface area contributed by atoms with Crippen molar-refractivity contribution in [2.24, 2.45) is 0 Å². The van der Waals surface area contributed by atoms with Crippen molar-refractivity contribution in [2.45, 2.75) is 17.0 Å². The largest absolute Gasteiger partial charge is 0.479 e. The summed E-state index contributed by atoms with van der Waals surface area (Å²) in [6.07, 6.45) is -0.266. The molecule has 0 saturated carbocycles. The Morgan fingerprint density at radius 2 is 1.73 bits per heavy atom. The van der Waals surface area contributed by atoms with Crippen LogP contribution in [0.25, 0.3) is 0 Å². The first-order valence-corrected chi connectivity index (χ1v) is 9.58. The molecule has 0 bridgehead atoms. The van der Waals surface area contributed by atoms with Crippen LogP contribution in [0.1, 0.15) is 16.8 Å². The smallest absolute Gasteiger partial charge is 0.343 e. The monoisotopic (exact) mass is 386 g/mol. The number of carboxylic acids is 1. The Balaban J connectivity index is 1.73. The van der Waals surface area contributed by atoms with Crippen LogP contribution in [0.3, 0.4) is 0 Å². The normalized spacial score (nSPS) is 24.6. The van der Waals surface area contributed by atoms with Gasteiger partial charge in [-0.05, 0) is 24.3 Å². The Hall–Kier alpha value is -2.04. The maximum Gasteiger partial charge on any atom is 0.343 e. The van der Waals surface area contributed by atoms with Crippen molar-refractivity contribution in [1.82, 2.24) is 9.21 Å². The van der Waals surface area contributed by atoms with Crippen LogP contribution in [-0.4, -0.2) is 79.7 Å². The SMILES string of the molecule is O=C(c1ccc(S(=O)(=O)N2CCOCC2)cc1)N1CCC(F)(C(=O)O)C1. The van der Waals surface area contributed by atoms with Crippen LogP contribution in [0.5, 0.6) is 0 Å². The van der Waals surface area contributed by atoms with Gasteiger partial charge in [0.15, 0.2) is 0 Å². The molecule has 1 amide bonds. The van der Waals surface area contributed by atoms with Gasteiger partial charge in [-0.25, -0.2) is 17.6 Å². The van der Waals surface area contributed by atoms with E-state index in [1.54, 1.807) is 0 Å². The number of nitrogens with zero attached hydrogens (tertiary/aromatic N) is 2. The van der Waals surface area contributed by atoms with Crippen LogP contribution in [0.4, 0.5) is 4.39 Å². The summed E-state index contributed by atoms with van der Waals surface area (Å²) in [5.74, 6) is -2.11. The first kappa shape index (κ1) is 18.7. The number of halogens is 1. The third-order valence-electron chi connectivity index (χ3n) is 4.60. The number of amides is 1. The Bertz CT molecular complexity index is 807. The Morgan fingerprint density at radius 3 is 2.27 bits per heavy atom. The molecule has 2 fully saturated rings. The minimum absolute atomic E-state index is 0.00450. The lowest BCUT2D eigenvalue weighted by Crippen LogP contribution is -2.40. The van der Waals surface area contributed by atoms with E-state index in [1.165, 1.54) is 28.6 Å². The van der Waals surface area contributed by atoms with E-state index in [0.29, 0.717) is 13.2 Å². The molecule has 8 nitrogen and oxygen atoms in total. The maximum atomic E-state index is 14.1. The van der Waals surface area contributed by atoms with E-state index < -0.39 is 34.1 Å². The molecule has 1 N–H and O–H groups in total. The minimum atomic E-state index is -3.66. The highest BCUT2D eigenvalue weighted by Gasteiger charge is 2.47. The fourth-order valence-corrected chi connectivity index (χ4v) is 4.42. The molecule has 26 heavy (non-hydrogen) atoms. The van der Waals surface area contributed by atoms with Gasteiger partial charge < -0.3 is 14.7 Å². The van der Waals surface area contributed by atoms with Crippen molar-refractivity contribution >= 4 is 21.9 Å². The van der Waals surface area contributed by atoms with Gasteiger partial charge in [0.2, 0.25) is 15.7 Å². The molecule has 142 valence electrons. The summed E-state index contributed by atoms with van der Waals surface area (Å²) in [7, 11) is -3.66. The molecule has 2 heterocycles. The Kier molecular flexibility index (Phi) is 5.00. The van der Waals surface area contributed by atoms with Crippen molar-refractivity contribution in [3.63, 3.8) is 0 Å². The number of hydrogen-bond acceptors (Lipinski definition) is 5. The summed E-state index contributed by atoms with van der Waals surface area (Å²) in [4.78, 5) is 24.5. The summed E-state index contributed by atoms with van der Waals surface area (Å²) in [6.45, 7) is 0.679. The van der Waals surface area contributed by atoms with Crippen molar-refractivity contribution in [2.75, 3.05) is 39.4 Å². The number of rotatable bonds is 4. The highest BCUT2D eigenvalue weighted by molar-refractivity contribution is 7.89. The second-order valence-electron chi connectivity index (χ2n) is 6.29. The molecule has 1 unspecified atom stereocenters. The van der Waals surface area contributed by atoms with Crippen LogP contribution in [0.2, 0.25) is 0 Å². The van der Waals surface area contributed by atoms with Crippen molar-refractivity contribution in [3.05, 3.63) is 29.8 Å². The predicted octanol–water partition coefficient (Wildman–Crippen LogP) is 0.346. The highest BCUT2D eigenvalue weighted by atomic mass is 32.2. The molecule has 0 radical (unpaired) electrons. The second-order valence-corrected chi connectivity index (χ2v) is 8.23. The average Bonchev–Trinajstić information content (AvgIpc) is 3.06. The zero-order valence-corrected chi connectivity index (χ0v) is 14.7. The van der Waals surface area contributed by atoms with Gasteiger partial charge in [0.05, 0.1) is 24.7 Å². The molecular weight excluding hydrogens is 367 g/mol. The van der Waals surface area contributed by atoms with Crippen LogP contribution in [0.15, 0.2) is 29.2 Å². The number of morpholine rings is 1. The van der Waals surface area contributed by atoms with Gasteiger partial charge in [0, 0.05) is 31.6 Å². The lowest BCUT2D eigenvalue weighted by Gasteiger charge is -2.26. The summed E-state index contributed by atoms with van der Waals surface area (Å²) >= 11 is 0. The second kappa shape index (κ2) is 6.93. The molecule has 2 aliphatic rings. The molecule has 2 aliphatic heterocycles. The first-order valence-electron chi connectivity index (χ1n) is 8.14. The van der Waals surface area contributed by atoms with Crippen LogP contribution in [0, 0.1) is 0 Å². The first-order chi connectivity index (χ1) is 12.2. The summed E-state index contributed by atoms with van der Waals surface area (Å²) in [6, 6.07) is 5.37. The fourth-order valence-electron chi connectivity index (χ4n) is 3.01. The third-order valence-corrected chi connectivity index (χ3v) is 6.51. The molecule has 1 aromatic carbocycles. The Morgan fingerprint density at radius 1 is 1.12 bits per heavy atom. The molecule has 3 rings (SSSR count). The summed E-state index contributed by atoms with van der Waals surface area (Å²) < 4.78 is 45.6. The number of aliphatic carboxylic acids is 1. The third kappa shape index (κ3) is 3.44. The fraction of sp³-hybridized carbons (Fsp3) is 0.500. The van der Waals surface area contributed by atoms with E-state index in [0.717, 1.165) is 4.90 Å². The van der Waals surface area contributed by atoms with Crippen molar-refractivity contribution < 1.29 is 32.2 Å². The van der Waals surface area contributed by atoms with Crippen molar-refractivity contribution in [3.8, 4) is 0 Å². The van der Waals surface area contributed by atoms with Gasteiger partial charge in [-0.1, -0.05) is 0 Å². The van der Waals surface area contributed by atoms with Crippen molar-refractivity contribution in [1.29, 1.82) is 0 Å². The van der Waals surface area contributed by atoms with Gasteiger partial charge in [0.1, 0.15) is 0 Å². The lowest BCUT2D eigenvalue weighted by atomic mass is 10.1. The summed E-state index contributed by atoms with van der Waals surface area (Å²) in [5, 5.41) is 8.90. The van der Waals surface area contributed by atoms with Gasteiger partial charge in [-0.15, -0.1) is 0 Å². The number of carbonyl (C=O) groups excluding carboxylic acids is 1. The zero-order valence-electron chi connectivity index (χ0n) is 13.9. The van der Waals surface area contributed by atoms with Gasteiger partial charge in [-0.3, -0.25) is 4.79 Å². The number of benzene rings is 1. The number of likely N-dealkylation sites (tertiary alicyclic amines) is 1. The molecule has 10 heteroatoms. The minimum Gasteiger partial charge on any atom is -0.479 e. The number of sulfonamides is 1.